The van der Waals surface area contributed by atoms with Gasteiger partial charge in [-0.05, 0) is 41.5 Å². The number of H-pyrrole nitrogens is 2. The van der Waals surface area contributed by atoms with Crippen LogP contribution in [0.2, 0.25) is 0 Å². The molecule has 0 spiro atoms. The number of aromatic nitrogens is 5. The molecular weight excluding hydrogens is 452 g/mol. The first kappa shape index (κ1) is 21.4. The molecule has 0 saturated heterocycles. The zero-order valence-electron chi connectivity index (χ0n) is 19.0. The third-order valence-electron chi connectivity index (χ3n) is 5.97. The summed E-state index contributed by atoms with van der Waals surface area (Å²) in [6.07, 6.45) is 3.65. The first-order valence-electron chi connectivity index (χ1n) is 11.4. The Morgan fingerprint density at radius 3 is 2.56 bits per heavy atom. The topological polar surface area (TPSA) is 116 Å². The molecule has 0 unspecified atom stereocenters. The number of carbonyl (C=O) groups excluding carboxylic acids is 1. The highest BCUT2D eigenvalue weighted by atomic mass is 16.1. The van der Waals surface area contributed by atoms with Crippen LogP contribution < -0.4 is 10.9 Å². The number of nitrogens with one attached hydrogen (secondary N) is 3. The fourth-order valence-electron chi connectivity index (χ4n) is 4.23. The Kier molecular flexibility index (Phi) is 5.31. The molecule has 0 bridgehead atoms. The quantitative estimate of drug-likeness (QED) is 0.336. The summed E-state index contributed by atoms with van der Waals surface area (Å²) in [5, 5.41) is 11.7. The van der Waals surface area contributed by atoms with Crippen molar-refractivity contribution < 1.29 is 4.79 Å². The Bertz CT molecular complexity index is 1790. The van der Waals surface area contributed by atoms with Crippen molar-refractivity contribution in [1.82, 2.24) is 25.1 Å². The smallest absolute Gasteiger partial charge is 0.281 e. The molecule has 3 aromatic heterocycles. The van der Waals surface area contributed by atoms with Crippen LogP contribution in [0.5, 0.6) is 0 Å². The molecule has 6 rings (SSSR count). The lowest BCUT2D eigenvalue weighted by molar-refractivity contribution is -0.115. The second-order valence-corrected chi connectivity index (χ2v) is 8.44. The van der Waals surface area contributed by atoms with E-state index in [-0.39, 0.29) is 17.9 Å². The Balaban J connectivity index is 1.33. The van der Waals surface area contributed by atoms with Gasteiger partial charge in [-0.2, -0.15) is 10.1 Å². The average molecular weight is 473 g/mol. The van der Waals surface area contributed by atoms with Crippen molar-refractivity contribution in [2.45, 2.75) is 6.42 Å². The van der Waals surface area contributed by atoms with E-state index < -0.39 is 0 Å². The first-order chi connectivity index (χ1) is 17.6. The van der Waals surface area contributed by atoms with Gasteiger partial charge in [0.25, 0.3) is 5.56 Å². The Morgan fingerprint density at radius 2 is 1.67 bits per heavy atom. The number of benzene rings is 3. The van der Waals surface area contributed by atoms with Crippen LogP contribution in [0.4, 0.5) is 5.69 Å². The molecule has 8 heteroatoms. The van der Waals surface area contributed by atoms with E-state index >= 15 is 0 Å². The minimum atomic E-state index is -0.310. The lowest BCUT2D eigenvalue weighted by atomic mass is 10.0. The van der Waals surface area contributed by atoms with E-state index in [0.717, 1.165) is 27.6 Å². The van der Waals surface area contributed by atoms with Crippen LogP contribution in [-0.4, -0.2) is 31.1 Å². The number of carbonyl (C=O) groups is 1. The van der Waals surface area contributed by atoms with E-state index in [2.05, 4.69) is 30.5 Å². The molecule has 0 fully saturated rings. The van der Waals surface area contributed by atoms with E-state index in [1.807, 2.05) is 66.7 Å². The van der Waals surface area contributed by atoms with E-state index in [9.17, 15) is 9.59 Å². The summed E-state index contributed by atoms with van der Waals surface area (Å²) in [6.45, 7) is 0. The van der Waals surface area contributed by atoms with Gasteiger partial charge in [0, 0.05) is 17.1 Å². The number of pyridine rings is 1. The number of nitrogens with zero attached hydrogens (tertiary/aromatic N) is 3. The molecule has 3 heterocycles. The summed E-state index contributed by atoms with van der Waals surface area (Å²) in [5.41, 5.74) is 5.03. The van der Waals surface area contributed by atoms with Crippen LogP contribution in [0.25, 0.3) is 44.5 Å². The second-order valence-electron chi connectivity index (χ2n) is 8.44. The number of amides is 1. The van der Waals surface area contributed by atoms with Gasteiger partial charge in [0.15, 0.2) is 5.82 Å². The van der Waals surface area contributed by atoms with Crippen LogP contribution in [0.1, 0.15) is 5.56 Å². The molecule has 3 aromatic carbocycles. The highest BCUT2D eigenvalue weighted by Crippen LogP contribution is 2.30. The molecule has 1 amide bonds. The van der Waals surface area contributed by atoms with Crippen molar-refractivity contribution in [1.29, 1.82) is 0 Å². The van der Waals surface area contributed by atoms with Gasteiger partial charge in [0.2, 0.25) is 5.91 Å². The maximum absolute atomic E-state index is 12.5. The van der Waals surface area contributed by atoms with Gasteiger partial charge in [-0.15, -0.1) is 0 Å². The molecule has 0 atom stereocenters. The molecule has 0 radical (unpaired) electrons. The predicted octanol–water partition coefficient (Wildman–Crippen LogP) is 4.71. The van der Waals surface area contributed by atoms with E-state index in [1.54, 1.807) is 24.5 Å². The highest BCUT2D eigenvalue weighted by Gasteiger charge is 2.14. The molecule has 0 aliphatic heterocycles. The number of hydrogen-bond acceptors (Lipinski definition) is 5. The van der Waals surface area contributed by atoms with Crippen LogP contribution in [0, 0.1) is 0 Å². The first-order valence-corrected chi connectivity index (χ1v) is 11.4. The van der Waals surface area contributed by atoms with Crippen LogP contribution in [-0.2, 0) is 11.2 Å². The molecule has 3 N–H and O–H groups in total. The summed E-state index contributed by atoms with van der Waals surface area (Å²) in [4.78, 5) is 36.8. The number of para-hydroxylation sites is 1. The molecule has 0 saturated carbocycles. The third kappa shape index (κ3) is 4.12. The van der Waals surface area contributed by atoms with Crippen molar-refractivity contribution in [2.24, 2.45) is 0 Å². The zero-order chi connectivity index (χ0) is 24.5. The normalized spacial score (nSPS) is 11.1. The van der Waals surface area contributed by atoms with E-state index in [4.69, 9.17) is 0 Å². The van der Waals surface area contributed by atoms with Gasteiger partial charge >= 0.3 is 0 Å². The van der Waals surface area contributed by atoms with Crippen LogP contribution in [0.3, 0.4) is 0 Å². The lowest BCUT2D eigenvalue weighted by Gasteiger charge is -2.08. The fraction of sp³-hybridized carbons (Fsp3) is 0.0357. The van der Waals surface area contributed by atoms with Gasteiger partial charge in [0.1, 0.15) is 5.69 Å². The maximum Gasteiger partial charge on any atom is 0.281 e. The molecular formula is C28H20N6O2. The summed E-state index contributed by atoms with van der Waals surface area (Å²) in [7, 11) is 0. The van der Waals surface area contributed by atoms with Gasteiger partial charge < -0.3 is 10.3 Å². The largest absolute Gasteiger partial charge is 0.338 e. The van der Waals surface area contributed by atoms with Gasteiger partial charge in [-0.3, -0.25) is 19.7 Å². The number of anilines is 1. The van der Waals surface area contributed by atoms with E-state index in [0.29, 0.717) is 28.1 Å². The summed E-state index contributed by atoms with van der Waals surface area (Å²) < 4.78 is 0. The Labute approximate surface area is 205 Å². The lowest BCUT2D eigenvalue weighted by Crippen LogP contribution is -2.14. The van der Waals surface area contributed by atoms with Crippen molar-refractivity contribution in [3.05, 3.63) is 107 Å². The average Bonchev–Trinajstić information content (AvgIpc) is 3.33. The highest BCUT2D eigenvalue weighted by molar-refractivity contribution is 5.96. The minimum Gasteiger partial charge on any atom is -0.338 e. The SMILES string of the molecule is O=C(Cc1ccccc1)Nc1cncc(-c2ccc3[nH]nc(-c4nc(=O)c5ccccc5[nH]4)c3c2)c1. The zero-order valence-corrected chi connectivity index (χ0v) is 19.0. The van der Waals surface area contributed by atoms with Crippen LogP contribution in [0.15, 0.2) is 96.1 Å². The predicted molar refractivity (Wildman–Crippen MR) is 139 cm³/mol. The van der Waals surface area contributed by atoms with Crippen molar-refractivity contribution in [2.75, 3.05) is 5.32 Å². The van der Waals surface area contributed by atoms with Gasteiger partial charge in [0.05, 0.1) is 34.7 Å². The Hall–Kier alpha value is -5.11. The van der Waals surface area contributed by atoms with Crippen molar-refractivity contribution >= 4 is 33.4 Å². The van der Waals surface area contributed by atoms with Crippen molar-refractivity contribution in [3.63, 3.8) is 0 Å². The number of rotatable bonds is 5. The number of aromatic amines is 2. The third-order valence-corrected chi connectivity index (χ3v) is 5.97. The number of hydrogen-bond donors (Lipinski definition) is 3. The van der Waals surface area contributed by atoms with E-state index in [1.165, 1.54) is 0 Å². The summed E-state index contributed by atoms with van der Waals surface area (Å²) >= 11 is 0. The molecule has 8 nitrogen and oxygen atoms in total. The Morgan fingerprint density at radius 1 is 0.833 bits per heavy atom. The van der Waals surface area contributed by atoms with Crippen LogP contribution >= 0.6 is 0 Å². The minimum absolute atomic E-state index is 0.112. The summed E-state index contributed by atoms with van der Waals surface area (Å²) in [6, 6.07) is 24.6. The number of fused-ring (bicyclic) bond motifs is 2. The van der Waals surface area contributed by atoms with Crippen molar-refractivity contribution in [3.8, 4) is 22.6 Å². The van der Waals surface area contributed by atoms with Gasteiger partial charge in [-0.1, -0.05) is 48.5 Å². The second kappa shape index (κ2) is 8.92. The van der Waals surface area contributed by atoms with Gasteiger partial charge in [-0.25, -0.2) is 0 Å². The summed E-state index contributed by atoms with van der Waals surface area (Å²) in [5.74, 6) is 0.279. The fourth-order valence-corrected chi connectivity index (χ4v) is 4.23. The molecule has 36 heavy (non-hydrogen) atoms. The monoisotopic (exact) mass is 472 g/mol. The molecule has 6 aromatic rings. The molecule has 0 aliphatic rings. The maximum atomic E-state index is 12.5. The standard InChI is InChI=1S/C28H20N6O2/c35-25(12-17-6-2-1-3-7-17)30-20-13-19(15-29-16-20)18-10-11-24-22(14-18)26(34-33-24)27-31-23-9-5-4-8-21(23)28(36)32-27/h1-11,13-16H,12H2,(H,30,35)(H,33,34)(H,31,32,36). The molecule has 0 aliphatic carbocycles. The molecule has 174 valence electrons.